The second-order valence-corrected chi connectivity index (χ2v) is 5.46. The van der Waals surface area contributed by atoms with E-state index in [2.05, 4.69) is 20.2 Å². The van der Waals surface area contributed by atoms with Gasteiger partial charge in [-0.05, 0) is 30.9 Å². The Kier molecular flexibility index (Phi) is 8.21. The van der Waals surface area contributed by atoms with Gasteiger partial charge >= 0.3 is 0 Å². The quantitative estimate of drug-likeness (QED) is 0.427. The molecular formula is C15H23FIN5O. The van der Waals surface area contributed by atoms with E-state index in [4.69, 9.17) is 5.73 Å². The molecule has 2 rings (SSSR count). The van der Waals surface area contributed by atoms with Crippen LogP contribution in [0.3, 0.4) is 0 Å². The number of carbonyl (C=O) groups excluding carboxylic acids is 1. The molecule has 1 saturated heterocycles. The number of hydrogen-bond donors (Lipinski definition) is 2. The molecule has 3 N–H and O–H groups in total. The van der Waals surface area contributed by atoms with Crippen LogP contribution in [-0.2, 0) is 11.3 Å². The molecule has 0 bridgehead atoms. The molecule has 1 atom stereocenters. The summed E-state index contributed by atoms with van der Waals surface area (Å²) in [7, 11) is 1.69. The minimum Gasteiger partial charge on any atom is -0.370 e. The minimum atomic E-state index is -0.337. The number of piperidine rings is 1. The smallest absolute Gasteiger partial charge is 0.217 e. The molecule has 23 heavy (non-hydrogen) atoms. The summed E-state index contributed by atoms with van der Waals surface area (Å²) < 4.78 is 13.6. The van der Waals surface area contributed by atoms with E-state index in [-0.39, 0.29) is 48.2 Å². The van der Waals surface area contributed by atoms with Crippen molar-refractivity contribution in [2.45, 2.75) is 25.8 Å². The highest BCUT2D eigenvalue weighted by atomic mass is 127. The number of amides is 1. The molecule has 1 aromatic heterocycles. The van der Waals surface area contributed by atoms with E-state index in [1.807, 2.05) is 0 Å². The van der Waals surface area contributed by atoms with Gasteiger partial charge in [-0.2, -0.15) is 0 Å². The molecule has 1 aromatic rings. The second-order valence-electron chi connectivity index (χ2n) is 5.46. The van der Waals surface area contributed by atoms with Gasteiger partial charge in [-0.15, -0.1) is 24.0 Å². The van der Waals surface area contributed by atoms with E-state index in [1.165, 1.54) is 6.07 Å². The summed E-state index contributed by atoms with van der Waals surface area (Å²) in [6, 6.07) is 2.95. The maximum absolute atomic E-state index is 13.6. The van der Waals surface area contributed by atoms with E-state index in [0.717, 1.165) is 25.9 Å². The van der Waals surface area contributed by atoms with E-state index in [0.29, 0.717) is 18.1 Å². The number of rotatable bonds is 4. The Hall–Kier alpha value is -1.45. The molecule has 0 aliphatic carbocycles. The van der Waals surface area contributed by atoms with Gasteiger partial charge < -0.3 is 16.0 Å². The predicted molar refractivity (Wildman–Crippen MR) is 97.9 cm³/mol. The molecule has 1 aliphatic heterocycles. The average molecular weight is 435 g/mol. The van der Waals surface area contributed by atoms with Crippen LogP contribution in [0.5, 0.6) is 0 Å². The second kappa shape index (κ2) is 9.64. The number of pyridine rings is 1. The van der Waals surface area contributed by atoms with Crippen LogP contribution in [0, 0.1) is 11.7 Å². The summed E-state index contributed by atoms with van der Waals surface area (Å²) in [5.74, 6) is 0.330. The third kappa shape index (κ3) is 5.92. The molecule has 128 valence electrons. The van der Waals surface area contributed by atoms with Crippen LogP contribution in [-0.4, -0.2) is 41.9 Å². The van der Waals surface area contributed by atoms with Gasteiger partial charge in [-0.25, -0.2) is 4.39 Å². The third-order valence-corrected chi connectivity index (χ3v) is 3.77. The van der Waals surface area contributed by atoms with Crippen molar-refractivity contribution in [1.29, 1.82) is 0 Å². The number of nitrogens with one attached hydrogen (secondary N) is 1. The molecule has 6 nitrogen and oxygen atoms in total. The van der Waals surface area contributed by atoms with Crippen molar-refractivity contribution in [2.75, 3.05) is 20.1 Å². The Labute approximate surface area is 152 Å². The van der Waals surface area contributed by atoms with Gasteiger partial charge in [0.1, 0.15) is 5.82 Å². The zero-order chi connectivity index (χ0) is 15.9. The van der Waals surface area contributed by atoms with Crippen molar-refractivity contribution in [2.24, 2.45) is 16.6 Å². The summed E-state index contributed by atoms with van der Waals surface area (Å²) in [4.78, 5) is 21.4. The van der Waals surface area contributed by atoms with Crippen LogP contribution in [0.1, 0.15) is 25.0 Å². The number of aliphatic imine (C=N–C) groups is 1. The van der Waals surface area contributed by atoms with Gasteiger partial charge in [0.25, 0.3) is 0 Å². The number of hydrogen-bond acceptors (Lipinski definition) is 3. The number of nitrogens with zero attached hydrogens (tertiary/aromatic N) is 3. The summed E-state index contributed by atoms with van der Waals surface area (Å²) >= 11 is 0. The first-order chi connectivity index (χ1) is 10.6. The molecule has 1 fully saturated rings. The van der Waals surface area contributed by atoms with Gasteiger partial charge in [0.05, 0.1) is 12.2 Å². The molecule has 1 aliphatic rings. The summed E-state index contributed by atoms with van der Waals surface area (Å²) in [5.41, 5.74) is 5.63. The van der Waals surface area contributed by atoms with Gasteiger partial charge in [-0.1, -0.05) is 0 Å². The Morgan fingerprint density at radius 1 is 1.61 bits per heavy atom. The topological polar surface area (TPSA) is 83.6 Å². The standard InChI is InChI=1S/C15H22FN5O.HI/c1-18-15(20-9-13-12(16)5-2-6-19-13)21-7-3-4-11(10-21)8-14(17)22;/h2,5-6,11H,3-4,7-10H2,1H3,(H2,17,22)(H,18,20);1H. The Morgan fingerprint density at radius 3 is 3.04 bits per heavy atom. The molecule has 0 radical (unpaired) electrons. The number of guanidine groups is 1. The summed E-state index contributed by atoms with van der Waals surface area (Å²) in [5, 5.41) is 3.13. The summed E-state index contributed by atoms with van der Waals surface area (Å²) in [6.45, 7) is 1.86. The lowest BCUT2D eigenvalue weighted by Gasteiger charge is -2.34. The molecule has 2 heterocycles. The number of carbonyl (C=O) groups is 1. The number of halogens is 2. The highest BCUT2D eigenvalue weighted by molar-refractivity contribution is 14.0. The molecule has 8 heteroatoms. The first-order valence-electron chi connectivity index (χ1n) is 7.43. The molecule has 0 saturated carbocycles. The molecular weight excluding hydrogens is 412 g/mol. The fourth-order valence-corrected chi connectivity index (χ4v) is 2.75. The maximum Gasteiger partial charge on any atom is 0.217 e. The van der Waals surface area contributed by atoms with E-state index in [1.54, 1.807) is 19.3 Å². The lowest BCUT2D eigenvalue weighted by Crippen LogP contribution is -2.47. The third-order valence-electron chi connectivity index (χ3n) is 3.77. The zero-order valence-electron chi connectivity index (χ0n) is 13.2. The van der Waals surface area contributed by atoms with Crippen molar-refractivity contribution in [3.8, 4) is 0 Å². The highest BCUT2D eigenvalue weighted by Crippen LogP contribution is 2.19. The Morgan fingerprint density at radius 2 is 2.39 bits per heavy atom. The first kappa shape index (κ1) is 19.6. The van der Waals surface area contributed by atoms with Crippen LogP contribution in [0.15, 0.2) is 23.3 Å². The molecule has 0 spiro atoms. The van der Waals surface area contributed by atoms with Crippen LogP contribution in [0.25, 0.3) is 0 Å². The van der Waals surface area contributed by atoms with Crippen LogP contribution in [0.2, 0.25) is 0 Å². The van der Waals surface area contributed by atoms with E-state index < -0.39 is 0 Å². The van der Waals surface area contributed by atoms with Gasteiger partial charge in [0.15, 0.2) is 5.96 Å². The highest BCUT2D eigenvalue weighted by Gasteiger charge is 2.23. The normalized spacial score (nSPS) is 18.3. The number of likely N-dealkylation sites (tertiary alicyclic amines) is 1. The predicted octanol–water partition coefficient (Wildman–Crippen LogP) is 1.50. The van der Waals surface area contributed by atoms with Crippen LogP contribution in [0.4, 0.5) is 4.39 Å². The zero-order valence-corrected chi connectivity index (χ0v) is 15.5. The van der Waals surface area contributed by atoms with Crippen molar-refractivity contribution in [3.05, 3.63) is 29.8 Å². The van der Waals surface area contributed by atoms with Crippen molar-refractivity contribution >= 4 is 35.8 Å². The van der Waals surface area contributed by atoms with Gasteiger partial charge in [0, 0.05) is 32.8 Å². The lowest BCUT2D eigenvalue weighted by atomic mass is 9.95. The average Bonchev–Trinajstić information content (AvgIpc) is 2.49. The maximum atomic E-state index is 13.6. The molecule has 0 aromatic carbocycles. The first-order valence-corrected chi connectivity index (χ1v) is 7.43. The number of nitrogens with two attached hydrogens (primary N) is 1. The minimum absolute atomic E-state index is 0. The molecule has 1 amide bonds. The van der Waals surface area contributed by atoms with Gasteiger partial charge in [0.2, 0.25) is 5.91 Å². The number of primary amides is 1. The molecule has 1 unspecified atom stereocenters. The monoisotopic (exact) mass is 435 g/mol. The Balaban J connectivity index is 0.00000264. The number of aromatic nitrogens is 1. The summed E-state index contributed by atoms with van der Waals surface area (Å²) in [6.07, 6.45) is 3.93. The lowest BCUT2D eigenvalue weighted by molar-refractivity contribution is -0.119. The van der Waals surface area contributed by atoms with Crippen molar-refractivity contribution < 1.29 is 9.18 Å². The largest absolute Gasteiger partial charge is 0.370 e. The van der Waals surface area contributed by atoms with E-state index in [9.17, 15) is 9.18 Å². The van der Waals surface area contributed by atoms with Crippen molar-refractivity contribution in [3.63, 3.8) is 0 Å². The van der Waals surface area contributed by atoms with Crippen LogP contribution < -0.4 is 11.1 Å². The van der Waals surface area contributed by atoms with E-state index >= 15 is 0 Å². The van der Waals surface area contributed by atoms with Crippen LogP contribution >= 0.6 is 24.0 Å². The fourth-order valence-electron chi connectivity index (χ4n) is 2.75. The Bertz CT molecular complexity index is 554. The SMILES string of the molecule is CN=C(NCc1ncccc1F)N1CCCC(CC(N)=O)C1.I. The van der Waals surface area contributed by atoms with Gasteiger partial charge in [-0.3, -0.25) is 14.8 Å². The van der Waals surface area contributed by atoms with Crippen molar-refractivity contribution in [1.82, 2.24) is 15.2 Å². The fraction of sp³-hybridized carbons (Fsp3) is 0.533.